The number of ether oxygens (including phenoxy) is 1. The van der Waals surface area contributed by atoms with Gasteiger partial charge in [-0.1, -0.05) is 66.7 Å². The molecule has 5 rings (SSSR count). The Bertz CT molecular complexity index is 1130. The van der Waals surface area contributed by atoms with Crippen LogP contribution >= 0.6 is 0 Å². The van der Waals surface area contributed by atoms with Crippen molar-refractivity contribution < 1.29 is 13.2 Å². The first kappa shape index (κ1) is 20.2. The Morgan fingerprint density at radius 2 is 1.45 bits per heavy atom. The van der Waals surface area contributed by atoms with Crippen LogP contribution in [0.25, 0.3) is 11.1 Å². The molecule has 0 amide bonds. The molecule has 3 aromatic carbocycles. The molecule has 0 aromatic heterocycles. The topological polar surface area (TPSA) is 58.6 Å². The smallest absolute Gasteiger partial charge is 0.218 e. The zero-order chi connectivity index (χ0) is 21.4. The van der Waals surface area contributed by atoms with E-state index in [1.807, 2.05) is 54.6 Å². The van der Waals surface area contributed by atoms with Gasteiger partial charge in [0.25, 0.3) is 0 Å². The monoisotopic (exact) mass is 434 g/mol. The molecule has 2 saturated heterocycles. The summed E-state index contributed by atoms with van der Waals surface area (Å²) in [5.74, 6) is 1.13. The second-order valence-corrected chi connectivity index (χ2v) is 10.1. The van der Waals surface area contributed by atoms with Crippen molar-refractivity contribution >= 4 is 10.0 Å². The SMILES string of the molecule is COc1ccc(-c2ccc(C3[C@H]4CNC[C@@H]3N4S(=O)(=O)Cc3ccccc3)cc2)cc1. The number of nitrogens with one attached hydrogen (secondary N) is 1. The summed E-state index contributed by atoms with van der Waals surface area (Å²) in [6, 6.07) is 25.9. The van der Waals surface area contributed by atoms with Gasteiger partial charge in [-0.15, -0.1) is 0 Å². The highest BCUT2D eigenvalue weighted by Crippen LogP contribution is 2.45. The van der Waals surface area contributed by atoms with E-state index < -0.39 is 10.0 Å². The first-order chi connectivity index (χ1) is 15.1. The fourth-order valence-corrected chi connectivity index (χ4v) is 6.93. The number of nitrogens with zero attached hydrogens (tertiary/aromatic N) is 1. The molecule has 3 aromatic rings. The van der Waals surface area contributed by atoms with Gasteiger partial charge in [0.15, 0.2) is 0 Å². The molecule has 160 valence electrons. The highest BCUT2D eigenvalue weighted by Gasteiger charge is 2.56. The highest BCUT2D eigenvalue weighted by atomic mass is 32.2. The van der Waals surface area contributed by atoms with Crippen LogP contribution in [0, 0.1) is 0 Å². The van der Waals surface area contributed by atoms with Crippen LogP contribution in [0.3, 0.4) is 0 Å². The number of sulfonamides is 1. The van der Waals surface area contributed by atoms with Gasteiger partial charge in [-0.2, -0.15) is 4.31 Å². The van der Waals surface area contributed by atoms with Gasteiger partial charge in [0.1, 0.15) is 5.75 Å². The molecule has 0 saturated carbocycles. The van der Waals surface area contributed by atoms with Gasteiger partial charge < -0.3 is 10.1 Å². The molecule has 6 heteroatoms. The molecule has 31 heavy (non-hydrogen) atoms. The Hall–Kier alpha value is -2.67. The lowest BCUT2D eigenvalue weighted by molar-refractivity contribution is 0.0369. The van der Waals surface area contributed by atoms with Gasteiger partial charge in [0, 0.05) is 31.1 Å². The maximum absolute atomic E-state index is 13.2. The molecule has 5 nitrogen and oxygen atoms in total. The third-order valence-corrected chi connectivity index (χ3v) is 8.30. The Morgan fingerprint density at radius 1 is 0.871 bits per heavy atom. The summed E-state index contributed by atoms with van der Waals surface area (Å²) in [6.07, 6.45) is 0. The van der Waals surface area contributed by atoms with E-state index in [1.165, 1.54) is 5.56 Å². The fourth-order valence-electron chi connectivity index (χ4n) is 4.93. The quantitative estimate of drug-likeness (QED) is 0.644. The lowest BCUT2D eigenvalue weighted by Crippen LogP contribution is -2.73. The predicted octanol–water partition coefficient (Wildman–Crippen LogP) is 3.63. The molecule has 0 spiro atoms. The van der Waals surface area contributed by atoms with Crippen LogP contribution in [0.15, 0.2) is 78.9 Å². The predicted molar refractivity (Wildman–Crippen MR) is 123 cm³/mol. The van der Waals surface area contributed by atoms with Crippen LogP contribution in [-0.2, 0) is 15.8 Å². The first-order valence-electron chi connectivity index (χ1n) is 10.6. The van der Waals surface area contributed by atoms with Crippen LogP contribution in [-0.4, -0.2) is 45.0 Å². The number of fused-ring (bicyclic) bond motifs is 2. The molecular weight excluding hydrogens is 408 g/mol. The minimum absolute atomic E-state index is 0.0284. The molecule has 0 aliphatic carbocycles. The van der Waals surface area contributed by atoms with Crippen LogP contribution in [0.5, 0.6) is 5.75 Å². The van der Waals surface area contributed by atoms with Crippen molar-refractivity contribution in [3.05, 3.63) is 90.0 Å². The standard InChI is InChI=1S/C25H26N2O3S/c1-30-22-13-11-20(12-14-22)19-7-9-21(10-8-19)25-23-15-26-16-24(25)27(23)31(28,29)17-18-5-3-2-4-6-18/h2-14,23-26H,15-17H2,1H3/t23-,24+,25?. The molecular formula is C25H26N2O3S. The minimum Gasteiger partial charge on any atom is -0.497 e. The van der Waals surface area contributed by atoms with E-state index in [2.05, 4.69) is 29.6 Å². The van der Waals surface area contributed by atoms with Gasteiger partial charge in [-0.25, -0.2) is 8.42 Å². The van der Waals surface area contributed by atoms with Crippen molar-refractivity contribution in [3.63, 3.8) is 0 Å². The Labute approximate surface area is 183 Å². The second-order valence-electron chi connectivity index (χ2n) is 8.24. The van der Waals surface area contributed by atoms with E-state index in [4.69, 9.17) is 4.74 Å². The summed E-state index contributed by atoms with van der Waals surface area (Å²) in [7, 11) is -1.69. The summed E-state index contributed by atoms with van der Waals surface area (Å²) in [4.78, 5) is 0. The Morgan fingerprint density at radius 3 is 2.03 bits per heavy atom. The summed E-state index contributed by atoms with van der Waals surface area (Å²) >= 11 is 0. The van der Waals surface area contributed by atoms with E-state index in [0.717, 1.165) is 22.4 Å². The van der Waals surface area contributed by atoms with E-state index in [1.54, 1.807) is 11.4 Å². The van der Waals surface area contributed by atoms with E-state index in [9.17, 15) is 8.42 Å². The number of piperidine rings is 1. The summed E-state index contributed by atoms with van der Waals surface area (Å²) in [6.45, 7) is 1.38. The lowest BCUT2D eigenvalue weighted by Gasteiger charge is -2.58. The first-order valence-corrected chi connectivity index (χ1v) is 12.2. The molecule has 2 heterocycles. The number of piperazine rings is 1. The minimum atomic E-state index is -3.35. The highest BCUT2D eigenvalue weighted by molar-refractivity contribution is 7.88. The van der Waals surface area contributed by atoms with E-state index >= 15 is 0 Å². The summed E-state index contributed by atoms with van der Waals surface area (Å²) in [5, 5.41) is 3.38. The van der Waals surface area contributed by atoms with Crippen molar-refractivity contribution in [1.82, 2.24) is 9.62 Å². The van der Waals surface area contributed by atoms with Gasteiger partial charge in [0.05, 0.1) is 12.9 Å². The van der Waals surface area contributed by atoms with Crippen LogP contribution in [0.1, 0.15) is 17.0 Å². The van der Waals surface area contributed by atoms with Gasteiger partial charge >= 0.3 is 0 Å². The summed E-state index contributed by atoms with van der Waals surface area (Å²) in [5.41, 5.74) is 4.32. The zero-order valence-electron chi connectivity index (χ0n) is 17.4. The number of hydrogen-bond acceptors (Lipinski definition) is 4. The van der Waals surface area contributed by atoms with E-state index in [-0.39, 0.29) is 23.8 Å². The third-order valence-electron chi connectivity index (χ3n) is 6.42. The molecule has 2 aliphatic rings. The molecule has 2 bridgehead atoms. The van der Waals surface area contributed by atoms with Gasteiger partial charge in [0.2, 0.25) is 10.0 Å². The number of hydrogen-bond donors (Lipinski definition) is 1. The maximum Gasteiger partial charge on any atom is 0.218 e. The van der Waals surface area contributed by atoms with Crippen LogP contribution < -0.4 is 10.1 Å². The van der Waals surface area contributed by atoms with Crippen molar-refractivity contribution in [2.75, 3.05) is 20.2 Å². The van der Waals surface area contributed by atoms with Crippen LogP contribution in [0.4, 0.5) is 0 Å². The molecule has 2 aliphatic heterocycles. The third kappa shape index (κ3) is 3.76. The Balaban J connectivity index is 1.34. The van der Waals surface area contributed by atoms with Crippen LogP contribution in [0.2, 0.25) is 0 Å². The molecule has 0 radical (unpaired) electrons. The normalized spacial score (nSPS) is 23.2. The van der Waals surface area contributed by atoms with Crippen molar-refractivity contribution in [2.24, 2.45) is 0 Å². The molecule has 1 N–H and O–H groups in total. The second kappa shape index (κ2) is 8.11. The number of benzene rings is 3. The number of methoxy groups -OCH3 is 1. The molecule has 1 unspecified atom stereocenters. The van der Waals surface area contributed by atoms with Gasteiger partial charge in [-0.3, -0.25) is 0 Å². The van der Waals surface area contributed by atoms with Crippen molar-refractivity contribution in [1.29, 1.82) is 0 Å². The Kier molecular flexibility index (Phi) is 5.30. The average Bonchev–Trinajstić information content (AvgIpc) is 2.80. The van der Waals surface area contributed by atoms with E-state index in [0.29, 0.717) is 13.1 Å². The van der Waals surface area contributed by atoms with Crippen molar-refractivity contribution in [3.8, 4) is 16.9 Å². The fraction of sp³-hybridized carbons (Fsp3) is 0.280. The maximum atomic E-state index is 13.2. The van der Waals surface area contributed by atoms with Crippen molar-refractivity contribution in [2.45, 2.75) is 23.8 Å². The lowest BCUT2D eigenvalue weighted by atomic mass is 9.74. The number of rotatable bonds is 6. The largest absolute Gasteiger partial charge is 0.497 e. The zero-order valence-corrected chi connectivity index (χ0v) is 18.3. The molecule has 2 fully saturated rings. The average molecular weight is 435 g/mol. The molecule has 3 atom stereocenters. The summed E-state index contributed by atoms with van der Waals surface area (Å²) < 4.78 is 33.3. The van der Waals surface area contributed by atoms with Gasteiger partial charge in [-0.05, 0) is 34.4 Å².